The highest BCUT2D eigenvalue weighted by Gasteiger charge is 2.11. The van der Waals surface area contributed by atoms with Crippen LogP contribution in [0.4, 0.5) is 0 Å². The van der Waals surface area contributed by atoms with Crippen molar-refractivity contribution < 1.29 is 14.7 Å². The fraction of sp³-hybridized carbons (Fsp3) is 0.182. The second-order valence-electron chi connectivity index (χ2n) is 3.39. The molecule has 88 valence electrons. The molecule has 0 spiro atoms. The average Bonchev–Trinajstić information content (AvgIpc) is 2.71. The molecular weight excluding hydrogens is 240 g/mol. The topological polar surface area (TPSA) is 79.3 Å². The fourth-order valence-corrected chi connectivity index (χ4v) is 2.21. The molecule has 0 unspecified atom stereocenters. The second-order valence-corrected chi connectivity index (χ2v) is 4.42. The number of rotatable bonds is 4. The van der Waals surface area contributed by atoms with Gasteiger partial charge in [0.05, 0.1) is 16.6 Å². The first-order valence-corrected chi connectivity index (χ1v) is 5.84. The number of hydrogen-bond donors (Lipinski definition) is 2. The number of para-hydroxylation sites is 1. The minimum atomic E-state index is -0.936. The summed E-state index contributed by atoms with van der Waals surface area (Å²) in [7, 11) is 0. The van der Waals surface area contributed by atoms with Crippen molar-refractivity contribution in [2.75, 3.05) is 6.54 Å². The van der Waals surface area contributed by atoms with Crippen LogP contribution in [-0.4, -0.2) is 28.5 Å². The zero-order chi connectivity index (χ0) is 12.3. The van der Waals surface area contributed by atoms with Gasteiger partial charge in [-0.25, -0.2) is 4.98 Å². The van der Waals surface area contributed by atoms with Gasteiger partial charge in [0.2, 0.25) is 0 Å². The first kappa shape index (κ1) is 11.5. The smallest absolute Gasteiger partial charge is 0.305 e. The van der Waals surface area contributed by atoms with E-state index in [1.165, 1.54) is 11.3 Å². The lowest BCUT2D eigenvalue weighted by Crippen LogP contribution is -2.25. The van der Waals surface area contributed by atoms with Gasteiger partial charge in [0, 0.05) is 6.54 Å². The van der Waals surface area contributed by atoms with Crippen LogP contribution in [0.5, 0.6) is 0 Å². The summed E-state index contributed by atoms with van der Waals surface area (Å²) in [6.45, 7) is 0.115. The van der Waals surface area contributed by atoms with E-state index in [9.17, 15) is 9.59 Å². The Kier molecular flexibility index (Phi) is 3.34. The summed E-state index contributed by atoms with van der Waals surface area (Å²) in [5, 5.41) is 11.3. The summed E-state index contributed by atoms with van der Waals surface area (Å²) in [5.41, 5.74) is 0.779. The predicted octanol–water partition coefficient (Wildman–Crippen LogP) is 1.50. The Morgan fingerprint density at radius 1 is 1.35 bits per heavy atom. The minimum absolute atomic E-state index is 0.0867. The summed E-state index contributed by atoms with van der Waals surface area (Å²) in [6, 6.07) is 7.46. The van der Waals surface area contributed by atoms with Crippen LogP contribution < -0.4 is 5.32 Å². The van der Waals surface area contributed by atoms with Crippen molar-refractivity contribution in [3.63, 3.8) is 0 Å². The highest BCUT2D eigenvalue weighted by Crippen LogP contribution is 2.21. The second kappa shape index (κ2) is 4.92. The van der Waals surface area contributed by atoms with E-state index in [1.807, 2.05) is 24.3 Å². The van der Waals surface area contributed by atoms with Crippen molar-refractivity contribution in [2.24, 2.45) is 0 Å². The molecule has 0 aliphatic rings. The molecule has 1 aromatic carbocycles. The average molecular weight is 250 g/mol. The van der Waals surface area contributed by atoms with Crippen LogP contribution in [-0.2, 0) is 4.79 Å². The Hall–Kier alpha value is -1.95. The molecule has 0 radical (unpaired) electrons. The van der Waals surface area contributed by atoms with Crippen molar-refractivity contribution in [3.8, 4) is 0 Å². The SMILES string of the molecule is O=C(O)CCNC(=O)c1nc2ccccc2s1. The van der Waals surface area contributed by atoms with Crippen molar-refractivity contribution in [3.05, 3.63) is 29.3 Å². The molecule has 5 nitrogen and oxygen atoms in total. The summed E-state index contributed by atoms with van der Waals surface area (Å²) in [6.07, 6.45) is -0.0867. The number of amides is 1. The largest absolute Gasteiger partial charge is 0.481 e. The molecule has 1 amide bonds. The molecule has 2 aromatic rings. The third-order valence-corrected chi connectivity index (χ3v) is 3.15. The first-order valence-electron chi connectivity index (χ1n) is 5.02. The lowest BCUT2D eigenvalue weighted by Gasteiger charge is -1.98. The molecule has 0 fully saturated rings. The van der Waals surface area contributed by atoms with Crippen LogP contribution in [0.1, 0.15) is 16.2 Å². The fourth-order valence-electron chi connectivity index (χ4n) is 1.33. The van der Waals surface area contributed by atoms with Crippen molar-refractivity contribution in [2.45, 2.75) is 6.42 Å². The number of aliphatic carboxylic acids is 1. The maximum atomic E-state index is 11.6. The molecule has 0 aliphatic carbocycles. The van der Waals surface area contributed by atoms with E-state index in [4.69, 9.17) is 5.11 Å². The number of thiazole rings is 1. The van der Waals surface area contributed by atoms with Crippen molar-refractivity contribution in [1.82, 2.24) is 10.3 Å². The Morgan fingerprint density at radius 2 is 2.12 bits per heavy atom. The normalized spacial score (nSPS) is 10.4. The third-order valence-electron chi connectivity index (χ3n) is 2.11. The molecule has 6 heteroatoms. The van der Waals surface area contributed by atoms with Crippen LogP contribution in [0.25, 0.3) is 10.2 Å². The molecule has 0 atom stereocenters. The van der Waals surface area contributed by atoms with Crippen molar-refractivity contribution in [1.29, 1.82) is 0 Å². The number of nitrogens with zero attached hydrogens (tertiary/aromatic N) is 1. The van der Waals surface area contributed by atoms with Crippen LogP contribution >= 0.6 is 11.3 Å². The van der Waals surface area contributed by atoms with Crippen molar-refractivity contribution >= 4 is 33.4 Å². The summed E-state index contributed by atoms with van der Waals surface area (Å²) < 4.78 is 0.941. The van der Waals surface area contributed by atoms with E-state index in [0.717, 1.165) is 10.2 Å². The Labute approximate surface area is 101 Å². The van der Waals surface area contributed by atoms with Crippen LogP contribution in [0.3, 0.4) is 0 Å². The number of carbonyl (C=O) groups is 2. The van der Waals surface area contributed by atoms with E-state index in [0.29, 0.717) is 5.01 Å². The molecule has 1 heterocycles. The number of hydrogen-bond acceptors (Lipinski definition) is 4. The lowest BCUT2D eigenvalue weighted by atomic mass is 10.3. The van der Waals surface area contributed by atoms with E-state index >= 15 is 0 Å². The summed E-state index contributed by atoms with van der Waals surface area (Å²) >= 11 is 1.29. The Bertz CT molecular complexity index is 532. The number of nitrogens with one attached hydrogen (secondary N) is 1. The monoisotopic (exact) mass is 250 g/mol. The molecule has 2 rings (SSSR count). The zero-order valence-corrected chi connectivity index (χ0v) is 9.66. The van der Waals surface area contributed by atoms with Gasteiger partial charge in [-0.15, -0.1) is 11.3 Å². The molecule has 0 bridgehead atoms. The molecule has 1 aromatic heterocycles. The quantitative estimate of drug-likeness (QED) is 0.861. The van der Waals surface area contributed by atoms with E-state index < -0.39 is 5.97 Å². The summed E-state index contributed by atoms with van der Waals surface area (Å²) in [4.78, 5) is 26.1. The molecule has 0 saturated carbocycles. The summed E-state index contributed by atoms with van der Waals surface area (Å²) in [5.74, 6) is -1.26. The highest BCUT2D eigenvalue weighted by molar-refractivity contribution is 7.20. The van der Waals surface area contributed by atoms with Gasteiger partial charge in [0.15, 0.2) is 5.01 Å². The molecule has 0 saturated heterocycles. The highest BCUT2D eigenvalue weighted by atomic mass is 32.1. The third kappa shape index (κ3) is 2.79. The zero-order valence-electron chi connectivity index (χ0n) is 8.84. The van der Waals surface area contributed by atoms with E-state index in [1.54, 1.807) is 0 Å². The Morgan fingerprint density at radius 3 is 2.82 bits per heavy atom. The van der Waals surface area contributed by atoms with Gasteiger partial charge >= 0.3 is 5.97 Å². The van der Waals surface area contributed by atoms with Crippen LogP contribution in [0.2, 0.25) is 0 Å². The molecule has 0 aliphatic heterocycles. The van der Waals surface area contributed by atoms with E-state index in [2.05, 4.69) is 10.3 Å². The number of carboxylic acids is 1. The van der Waals surface area contributed by atoms with Crippen LogP contribution in [0, 0.1) is 0 Å². The molecule has 2 N–H and O–H groups in total. The number of benzene rings is 1. The number of fused-ring (bicyclic) bond motifs is 1. The minimum Gasteiger partial charge on any atom is -0.481 e. The number of aromatic nitrogens is 1. The maximum Gasteiger partial charge on any atom is 0.305 e. The molecular formula is C11H10N2O3S. The van der Waals surface area contributed by atoms with Gasteiger partial charge in [-0.1, -0.05) is 12.1 Å². The predicted molar refractivity (Wildman–Crippen MR) is 64.2 cm³/mol. The van der Waals surface area contributed by atoms with Crippen LogP contribution in [0.15, 0.2) is 24.3 Å². The lowest BCUT2D eigenvalue weighted by molar-refractivity contribution is -0.136. The first-order chi connectivity index (χ1) is 8.16. The van der Waals surface area contributed by atoms with Gasteiger partial charge in [-0.3, -0.25) is 9.59 Å². The van der Waals surface area contributed by atoms with Gasteiger partial charge in [0.1, 0.15) is 0 Å². The Balaban J connectivity index is 2.06. The van der Waals surface area contributed by atoms with Gasteiger partial charge in [-0.2, -0.15) is 0 Å². The number of carbonyl (C=O) groups excluding carboxylic acids is 1. The maximum absolute atomic E-state index is 11.6. The van der Waals surface area contributed by atoms with Gasteiger partial charge < -0.3 is 10.4 Å². The van der Waals surface area contributed by atoms with E-state index in [-0.39, 0.29) is 18.9 Å². The standard InChI is InChI=1S/C11H10N2O3S/c14-9(15)5-6-12-10(16)11-13-7-3-1-2-4-8(7)17-11/h1-4H,5-6H2,(H,12,16)(H,14,15). The molecule has 17 heavy (non-hydrogen) atoms. The van der Waals surface area contributed by atoms with Gasteiger partial charge in [-0.05, 0) is 12.1 Å². The number of carboxylic acid groups (broad SMARTS) is 1. The van der Waals surface area contributed by atoms with Gasteiger partial charge in [0.25, 0.3) is 5.91 Å².